The molecule has 0 unspecified atom stereocenters. The summed E-state index contributed by atoms with van der Waals surface area (Å²) in [5.41, 5.74) is 0.486. The molecule has 0 aliphatic rings. The van der Waals surface area contributed by atoms with E-state index in [4.69, 9.17) is 5.11 Å². The van der Waals surface area contributed by atoms with Crippen molar-refractivity contribution in [3.05, 3.63) is 38.5 Å². The lowest BCUT2D eigenvalue weighted by molar-refractivity contribution is -0.134. The lowest BCUT2D eigenvalue weighted by Crippen LogP contribution is -1.93. The number of benzene rings is 1. The molecular weight excluding hydrogens is 319 g/mol. The smallest absolute Gasteiger partial charge is 0.364 e. The lowest BCUT2D eigenvalue weighted by Gasteiger charge is -1.97. The third-order valence-electron chi connectivity index (χ3n) is 1.44. The highest BCUT2D eigenvalue weighted by molar-refractivity contribution is 9.13. The largest absolute Gasteiger partial charge is 0.476 e. The average molecular weight is 324 g/mol. The zero-order chi connectivity index (χ0) is 10.7. The normalized spacial score (nSPS) is 11.5. The van der Waals surface area contributed by atoms with Crippen molar-refractivity contribution in [3.8, 4) is 0 Å². The summed E-state index contributed by atoms with van der Waals surface area (Å²) in [6.07, 6.45) is 0.958. The third kappa shape index (κ3) is 2.92. The maximum atomic E-state index is 12.7. The van der Waals surface area contributed by atoms with Crippen LogP contribution in [0.1, 0.15) is 5.56 Å². The minimum atomic E-state index is -1.57. The Balaban J connectivity index is 3.04. The Labute approximate surface area is 96.7 Å². The van der Waals surface area contributed by atoms with Crippen molar-refractivity contribution >= 4 is 43.9 Å². The van der Waals surface area contributed by atoms with Crippen molar-refractivity contribution in [1.82, 2.24) is 0 Å². The van der Waals surface area contributed by atoms with Crippen molar-refractivity contribution in [2.45, 2.75) is 0 Å². The first-order valence-corrected chi connectivity index (χ1v) is 5.15. The van der Waals surface area contributed by atoms with Gasteiger partial charge in [-0.1, -0.05) is 6.07 Å². The van der Waals surface area contributed by atoms with E-state index in [9.17, 15) is 9.18 Å². The molecule has 74 valence electrons. The monoisotopic (exact) mass is 322 g/mol. The predicted molar refractivity (Wildman–Crippen MR) is 58.6 cm³/mol. The number of carboxylic acids is 1. The van der Waals surface area contributed by atoms with Crippen molar-refractivity contribution in [3.63, 3.8) is 0 Å². The standard InChI is InChI=1S/C9H5Br2FO2/c10-6-2-1-5(3-7(6)11)4-8(12)9(13)14/h1-4H,(H,13,14)/b8-4-. The second kappa shape index (κ2) is 4.70. The molecule has 5 heteroatoms. The van der Waals surface area contributed by atoms with Gasteiger partial charge in [0.1, 0.15) is 0 Å². The first-order valence-electron chi connectivity index (χ1n) is 3.56. The molecule has 1 rings (SSSR count). The fraction of sp³-hybridized carbons (Fsp3) is 0. The molecule has 1 aromatic carbocycles. The number of carbonyl (C=O) groups is 1. The predicted octanol–water partition coefficient (Wildman–Crippen LogP) is 3.61. The van der Waals surface area contributed by atoms with Crippen molar-refractivity contribution < 1.29 is 14.3 Å². The van der Waals surface area contributed by atoms with Crippen LogP contribution in [-0.2, 0) is 4.79 Å². The molecular formula is C9H5Br2FO2. The number of rotatable bonds is 2. The molecule has 0 radical (unpaired) electrons. The summed E-state index contributed by atoms with van der Waals surface area (Å²) in [5.74, 6) is -2.75. The molecule has 1 aromatic rings. The van der Waals surface area contributed by atoms with E-state index in [1.165, 1.54) is 0 Å². The first kappa shape index (κ1) is 11.4. The van der Waals surface area contributed by atoms with Crippen LogP contribution in [0.4, 0.5) is 4.39 Å². The van der Waals surface area contributed by atoms with E-state index >= 15 is 0 Å². The van der Waals surface area contributed by atoms with Gasteiger partial charge in [-0.25, -0.2) is 4.79 Å². The second-order valence-electron chi connectivity index (χ2n) is 2.47. The summed E-state index contributed by atoms with van der Waals surface area (Å²) in [6.45, 7) is 0. The van der Waals surface area contributed by atoms with Gasteiger partial charge >= 0.3 is 5.97 Å². The summed E-state index contributed by atoms with van der Waals surface area (Å²) >= 11 is 6.47. The first-order chi connectivity index (χ1) is 6.50. The maximum absolute atomic E-state index is 12.7. The highest BCUT2D eigenvalue weighted by atomic mass is 79.9. The summed E-state index contributed by atoms with van der Waals surface area (Å²) in [4.78, 5) is 10.2. The Bertz CT molecular complexity index is 402. The number of carboxylic acid groups (broad SMARTS) is 1. The number of halogens is 3. The van der Waals surface area contributed by atoms with Gasteiger partial charge in [0.05, 0.1) is 0 Å². The molecule has 0 spiro atoms. The van der Waals surface area contributed by atoms with Crippen LogP contribution in [0, 0.1) is 0 Å². The van der Waals surface area contributed by atoms with E-state index in [2.05, 4.69) is 31.9 Å². The molecule has 0 aromatic heterocycles. The van der Waals surface area contributed by atoms with Gasteiger partial charge < -0.3 is 5.11 Å². The van der Waals surface area contributed by atoms with Crippen LogP contribution in [0.25, 0.3) is 6.08 Å². The van der Waals surface area contributed by atoms with E-state index < -0.39 is 11.8 Å². The molecule has 0 saturated heterocycles. The fourth-order valence-corrected chi connectivity index (χ4v) is 1.45. The molecule has 0 atom stereocenters. The average Bonchev–Trinajstić information content (AvgIpc) is 2.11. The Kier molecular flexibility index (Phi) is 3.83. The van der Waals surface area contributed by atoms with Gasteiger partial charge in [0.2, 0.25) is 5.83 Å². The van der Waals surface area contributed by atoms with E-state index in [-0.39, 0.29) is 0 Å². The van der Waals surface area contributed by atoms with Gasteiger partial charge in [-0.15, -0.1) is 0 Å². The number of aliphatic carboxylic acids is 1. The van der Waals surface area contributed by atoms with Gasteiger partial charge in [0, 0.05) is 8.95 Å². The van der Waals surface area contributed by atoms with Crippen molar-refractivity contribution in [2.24, 2.45) is 0 Å². The van der Waals surface area contributed by atoms with Gasteiger partial charge in [-0.05, 0) is 55.6 Å². The molecule has 1 N–H and O–H groups in total. The Morgan fingerprint density at radius 3 is 2.50 bits per heavy atom. The summed E-state index contributed by atoms with van der Waals surface area (Å²) in [5, 5.41) is 8.30. The molecule has 2 nitrogen and oxygen atoms in total. The number of hydrogen-bond acceptors (Lipinski definition) is 1. The lowest BCUT2D eigenvalue weighted by atomic mass is 10.2. The van der Waals surface area contributed by atoms with Gasteiger partial charge in [0.15, 0.2) is 0 Å². The topological polar surface area (TPSA) is 37.3 Å². The zero-order valence-corrected chi connectivity index (χ0v) is 9.97. The van der Waals surface area contributed by atoms with Crippen LogP contribution < -0.4 is 0 Å². The van der Waals surface area contributed by atoms with Crippen molar-refractivity contribution in [2.75, 3.05) is 0 Å². The van der Waals surface area contributed by atoms with Crippen molar-refractivity contribution in [1.29, 1.82) is 0 Å². The molecule has 0 amide bonds. The van der Waals surface area contributed by atoms with E-state index in [0.717, 1.165) is 15.0 Å². The van der Waals surface area contributed by atoms with Crippen LogP contribution in [0.5, 0.6) is 0 Å². The SMILES string of the molecule is O=C(O)/C(F)=C/c1ccc(Br)c(Br)c1. The maximum Gasteiger partial charge on any atom is 0.364 e. The summed E-state index contributed by atoms with van der Waals surface area (Å²) in [6, 6.07) is 4.93. The van der Waals surface area contributed by atoms with E-state index in [1.807, 2.05) is 0 Å². The van der Waals surface area contributed by atoms with Crippen LogP contribution >= 0.6 is 31.9 Å². The zero-order valence-electron chi connectivity index (χ0n) is 6.80. The Hall–Kier alpha value is -0.680. The minimum Gasteiger partial charge on any atom is -0.476 e. The van der Waals surface area contributed by atoms with Gasteiger partial charge in [-0.3, -0.25) is 0 Å². The van der Waals surface area contributed by atoms with Crippen LogP contribution in [-0.4, -0.2) is 11.1 Å². The quantitative estimate of drug-likeness (QED) is 0.844. The molecule has 0 heterocycles. The van der Waals surface area contributed by atoms with Crippen LogP contribution in [0.2, 0.25) is 0 Å². The number of hydrogen-bond donors (Lipinski definition) is 1. The Morgan fingerprint density at radius 2 is 2.00 bits per heavy atom. The third-order valence-corrected chi connectivity index (χ3v) is 3.32. The van der Waals surface area contributed by atoms with Gasteiger partial charge in [-0.2, -0.15) is 4.39 Å². The molecule has 0 fully saturated rings. The molecule has 0 aliphatic heterocycles. The van der Waals surface area contributed by atoms with Gasteiger partial charge in [0.25, 0.3) is 0 Å². The van der Waals surface area contributed by atoms with Crippen LogP contribution in [0.15, 0.2) is 33.0 Å². The highest BCUT2D eigenvalue weighted by Crippen LogP contribution is 2.24. The molecule has 0 aliphatic carbocycles. The fourth-order valence-electron chi connectivity index (χ4n) is 0.810. The minimum absolute atomic E-state index is 0.486. The van der Waals surface area contributed by atoms with Crippen LogP contribution in [0.3, 0.4) is 0 Å². The summed E-state index contributed by atoms with van der Waals surface area (Å²) < 4.78 is 14.2. The second-order valence-corrected chi connectivity index (χ2v) is 4.18. The van der Waals surface area contributed by atoms with E-state index in [1.54, 1.807) is 18.2 Å². The summed E-state index contributed by atoms with van der Waals surface area (Å²) in [7, 11) is 0. The molecule has 14 heavy (non-hydrogen) atoms. The molecule has 0 saturated carbocycles. The van der Waals surface area contributed by atoms with E-state index in [0.29, 0.717) is 5.56 Å². The highest BCUT2D eigenvalue weighted by Gasteiger charge is 2.05. The molecule has 0 bridgehead atoms. The Morgan fingerprint density at radius 1 is 1.36 bits per heavy atom.